The topological polar surface area (TPSA) is 189 Å². The average molecular weight is 492 g/mol. The number of phenolic OH excluding ortho intramolecular Hbond substituents is 2. The molecular weight excluding hydrogens is 468 g/mol. The van der Waals surface area contributed by atoms with Crippen molar-refractivity contribution < 1.29 is 54.0 Å². The lowest BCUT2D eigenvalue weighted by atomic mass is 9.99. The molecule has 1 aromatic heterocycles. The van der Waals surface area contributed by atoms with Crippen molar-refractivity contribution in [2.24, 2.45) is 0 Å². The van der Waals surface area contributed by atoms with Gasteiger partial charge in [0.1, 0.15) is 41.1 Å². The van der Waals surface area contributed by atoms with Crippen LogP contribution in [0.15, 0.2) is 39.5 Å². The summed E-state index contributed by atoms with van der Waals surface area (Å²) in [6.07, 6.45) is -7.95. The van der Waals surface area contributed by atoms with Gasteiger partial charge in [-0.15, -0.1) is 0 Å². The molecule has 1 aliphatic rings. The summed E-state index contributed by atoms with van der Waals surface area (Å²) in [5.41, 5.74) is -0.291. The maximum absolute atomic E-state index is 12.9. The number of aliphatic hydroxyl groups is 4. The summed E-state index contributed by atoms with van der Waals surface area (Å²) in [5, 5.41) is 60.0. The third-order valence-corrected chi connectivity index (χ3v) is 5.68. The second-order valence-corrected chi connectivity index (χ2v) is 7.81. The van der Waals surface area contributed by atoms with Gasteiger partial charge in [0.25, 0.3) is 0 Å². The molecule has 1 aliphatic heterocycles. The Morgan fingerprint density at radius 1 is 0.943 bits per heavy atom. The number of fused-ring (bicyclic) bond motifs is 1. The summed E-state index contributed by atoms with van der Waals surface area (Å²) in [5.74, 6) is -1.00. The van der Waals surface area contributed by atoms with Crippen LogP contribution in [0, 0.1) is 0 Å². The highest BCUT2D eigenvalue weighted by Crippen LogP contribution is 2.44. The molecule has 0 radical (unpaired) electrons. The minimum atomic E-state index is -1.75. The lowest BCUT2D eigenvalue weighted by Gasteiger charge is -2.39. The van der Waals surface area contributed by atoms with Crippen LogP contribution in [0.5, 0.6) is 28.7 Å². The van der Waals surface area contributed by atoms with Crippen molar-refractivity contribution in [1.29, 1.82) is 0 Å². The maximum atomic E-state index is 12.9. The van der Waals surface area contributed by atoms with Crippen LogP contribution in [0.1, 0.15) is 0 Å². The van der Waals surface area contributed by atoms with Gasteiger partial charge in [0.2, 0.25) is 12.0 Å². The third kappa shape index (κ3) is 4.33. The van der Waals surface area contributed by atoms with Crippen LogP contribution < -0.4 is 19.6 Å². The highest BCUT2D eigenvalue weighted by molar-refractivity contribution is 5.89. The zero-order valence-corrected chi connectivity index (χ0v) is 18.6. The lowest BCUT2D eigenvalue weighted by Crippen LogP contribution is -2.60. The minimum Gasteiger partial charge on any atom is -0.504 e. The normalized spacial score (nSPS) is 24.3. The predicted molar refractivity (Wildman–Crippen MR) is 119 cm³/mol. The SMILES string of the molecule is COc1cc(-c2cc(=O)c3c(O)c(O[C@@H]4OC(CO)[C@@H](O)[C@H](O)C4O)c(OC)cc3o2)ccc1O. The number of ether oxygens (including phenoxy) is 4. The Labute approximate surface area is 197 Å². The molecule has 0 bridgehead atoms. The van der Waals surface area contributed by atoms with E-state index < -0.39 is 54.2 Å². The number of methoxy groups -OCH3 is 2. The second kappa shape index (κ2) is 9.60. The fraction of sp³-hybridized carbons (Fsp3) is 0.348. The molecule has 35 heavy (non-hydrogen) atoms. The Bertz CT molecular complexity index is 1280. The lowest BCUT2D eigenvalue weighted by molar-refractivity contribution is -0.277. The number of hydrogen-bond donors (Lipinski definition) is 6. The standard InChI is InChI=1S/C23H24O12/c1-31-13-5-9(3-4-10(13)25)12-6-11(26)17-14(33-12)7-15(32-2)22(19(17)28)35-23-21(30)20(29)18(27)16(8-24)34-23/h3-7,16,18,20-21,23-25,27-30H,8H2,1-2H3/t16?,18-,20+,21?,23+/m1/s1. The molecule has 0 aliphatic carbocycles. The van der Waals surface area contributed by atoms with E-state index in [1.165, 1.54) is 38.5 Å². The van der Waals surface area contributed by atoms with Crippen molar-refractivity contribution >= 4 is 11.0 Å². The van der Waals surface area contributed by atoms with Crippen LogP contribution in [-0.2, 0) is 4.74 Å². The first kappa shape index (κ1) is 24.6. The number of rotatable bonds is 6. The fourth-order valence-corrected chi connectivity index (χ4v) is 3.78. The van der Waals surface area contributed by atoms with Crippen molar-refractivity contribution in [3.63, 3.8) is 0 Å². The first-order chi connectivity index (χ1) is 16.7. The molecule has 1 saturated heterocycles. The summed E-state index contributed by atoms with van der Waals surface area (Å²) in [6.45, 7) is -0.681. The van der Waals surface area contributed by atoms with E-state index in [9.17, 15) is 35.4 Å². The molecular formula is C23H24O12. The van der Waals surface area contributed by atoms with E-state index in [1.54, 1.807) is 0 Å². The molecule has 2 aromatic carbocycles. The first-order valence-electron chi connectivity index (χ1n) is 10.4. The van der Waals surface area contributed by atoms with Crippen LogP contribution in [-0.4, -0.2) is 82.2 Å². The van der Waals surface area contributed by atoms with Crippen molar-refractivity contribution in [2.75, 3.05) is 20.8 Å². The number of aromatic hydroxyl groups is 2. The molecule has 0 saturated carbocycles. The van der Waals surface area contributed by atoms with Crippen LogP contribution >= 0.6 is 0 Å². The molecule has 2 unspecified atom stereocenters. The first-order valence-corrected chi connectivity index (χ1v) is 10.4. The monoisotopic (exact) mass is 492 g/mol. The largest absolute Gasteiger partial charge is 0.504 e. The van der Waals surface area contributed by atoms with E-state index in [0.717, 1.165) is 6.07 Å². The summed E-state index contributed by atoms with van der Waals surface area (Å²) < 4.78 is 27.0. The predicted octanol–water partition coefficient (Wildman–Crippen LogP) is 0.0671. The molecule has 3 aromatic rings. The van der Waals surface area contributed by atoms with Gasteiger partial charge in [-0.1, -0.05) is 0 Å². The van der Waals surface area contributed by atoms with Crippen LogP contribution in [0.25, 0.3) is 22.3 Å². The highest BCUT2D eigenvalue weighted by atomic mass is 16.7. The van der Waals surface area contributed by atoms with E-state index in [-0.39, 0.29) is 34.0 Å². The Balaban J connectivity index is 1.78. The molecule has 5 atom stereocenters. The van der Waals surface area contributed by atoms with Crippen molar-refractivity contribution in [3.05, 3.63) is 40.6 Å². The van der Waals surface area contributed by atoms with Gasteiger partial charge in [0, 0.05) is 17.7 Å². The van der Waals surface area contributed by atoms with Crippen molar-refractivity contribution in [1.82, 2.24) is 0 Å². The number of hydrogen-bond acceptors (Lipinski definition) is 12. The van der Waals surface area contributed by atoms with Gasteiger partial charge in [-0.3, -0.25) is 4.79 Å². The minimum absolute atomic E-state index is 0.0601. The molecule has 4 rings (SSSR count). The van der Waals surface area contributed by atoms with E-state index >= 15 is 0 Å². The fourth-order valence-electron chi connectivity index (χ4n) is 3.78. The number of phenols is 2. The zero-order valence-electron chi connectivity index (χ0n) is 18.6. The van der Waals surface area contributed by atoms with E-state index in [1.807, 2.05) is 0 Å². The third-order valence-electron chi connectivity index (χ3n) is 5.68. The van der Waals surface area contributed by atoms with E-state index in [4.69, 9.17) is 23.4 Å². The van der Waals surface area contributed by atoms with Crippen LogP contribution in [0.4, 0.5) is 0 Å². The average Bonchev–Trinajstić information content (AvgIpc) is 2.85. The molecule has 12 heteroatoms. The number of benzene rings is 2. The van der Waals surface area contributed by atoms with Crippen LogP contribution in [0.3, 0.4) is 0 Å². The smallest absolute Gasteiger partial charge is 0.229 e. The quantitative estimate of drug-likeness (QED) is 0.272. The molecule has 12 nitrogen and oxygen atoms in total. The van der Waals surface area contributed by atoms with Gasteiger partial charge >= 0.3 is 0 Å². The summed E-state index contributed by atoms with van der Waals surface area (Å²) >= 11 is 0. The Hall–Kier alpha value is -3.55. The van der Waals surface area contributed by atoms with Gasteiger partial charge in [-0.2, -0.15) is 0 Å². The maximum Gasteiger partial charge on any atom is 0.229 e. The zero-order chi connectivity index (χ0) is 25.4. The van der Waals surface area contributed by atoms with E-state index in [2.05, 4.69) is 0 Å². The second-order valence-electron chi connectivity index (χ2n) is 7.81. The summed E-state index contributed by atoms with van der Waals surface area (Å²) in [6, 6.07) is 6.74. The summed E-state index contributed by atoms with van der Waals surface area (Å²) in [7, 11) is 2.63. The van der Waals surface area contributed by atoms with Gasteiger partial charge in [-0.25, -0.2) is 0 Å². The van der Waals surface area contributed by atoms with E-state index in [0.29, 0.717) is 5.56 Å². The molecule has 0 amide bonds. The molecule has 188 valence electrons. The van der Waals surface area contributed by atoms with Crippen molar-refractivity contribution in [3.8, 4) is 40.1 Å². The molecule has 6 N–H and O–H groups in total. The highest BCUT2D eigenvalue weighted by Gasteiger charge is 2.45. The molecule has 1 fully saturated rings. The van der Waals surface area contributed by atoms with Gasteiger partial charge in [0.05, 0.1) is 20.8 Å². The van der Waals surface area contributed by atoms with Gasteiger partial charge in [0.15, 0.2) is 28.4 Å². The Kier molecular flexibility index (Phi) is 6.74. The summed E-state index contributed by atoms with van der Waals surface area (Å²) in [4.78, 5) is 12.9. The van der Waals surface area contributed by atoms with Crippen LogP contribution in [0.2, 0.25) is 0 Å². The molecule has 0 spiro atoms. The Morgan fingerprint density at radius 3 is 2.31 bits per heavy atom. The molecule has 2 heterocycles. The number of aliphatic hydroxyl groups excluding tert-OH is 4. The van der Waals surface area contributed by atoms with Gasteiger partial charge in [-0.05, 0) is 18.2 Å². The van der Waals surface area contributed by atoms with Gasteiger partial charge < -0.3 is 54.0 Å². The Morgan fingerprint density at radius 2 is 1.66 bits per heavy atom. The van der Waals surface area contributed by atoms with Crippen molar-refractivity contribution in [2.45, 2.75) is 30.7 Å².